The standard InChI is InChI=1S/C27H26N2O4S/c1-31-22-12-10-21(11-13-22)23-18-34-27(28-23)29-26(30)15-9-19-8-14-24(25(16-19)32-2)33-17-20-6-4-3-5-7-20/h3-16,23H,17-18H2,1-2H3,(H,28,29,30)/b15-9+. The van der Waals surface area contributed by atoms with Crippen LogP contribution in [0.1, 0.15) is 22.7 Å². The summed E-state index contributed by atoms with van der Waals surface area (Å²) < 4.78 is 16.6. The minimum absolute atomic E-state index is 0.0166. The number of methoxy groups -OCH3 is 2. The van der Waals surface area contributed by atoms with Crippen molar-refractivity contribution in [1.82, 2.24) is 5.32 Å². The van der Waals surface area contributed by atoms with Gasteiger partial charge in [-0.3, -0.25) is 9.79 Å². The van der Waals surface area contributed by atoms with Crippen molar-refractivity contribution in [1.29, 1.82) is 0 Å². The van der Waals surface area contributed by atoms with Crippen molar-refractivity contribution in [3.8, 4) is 17.2 Å². The van der Waals surface area contributed by atoms with Gasteiger partial charge in [0.15, 0.2) is 16.7 Å². The Labute approximate surface area is 203 Å². The number of hydrogen-bond donors (Lipinski definition) is 1. The van der Waals surface area contributed by atoms with Gasteiger partial charge < -0.3 is 19.5 Å². The van der Waals surface area contributed by atoms with E-state index >= 15 is 0 Å². The average Bonchev–Trinajstić information content (AvgIpc) is 3.35. The Morgan fingerprint density at radius 1 is 1.03 bits per heavy atom. The zero-order valence-electron chi connectivity index (χ0n) is 19.1. The molecule has 1 heterocycles. The van der Waals surface area contributed by atoms with Crippen LogP contribution in [-0.4, -0.2) is 31.0 Å². The van der Waals surface area contributed by atoms with E-state index in [1.54, 1.807) is 20.3 Å². The molecule has 3 aromatic rings. The number of carbonyl (C=O) groups is 1. The van der Waals surface area contributed by atoms with Crippen molar-refractivity contribution in [2.24, 2.45) is 4.99 Å². The highest BCUT2D eigenvalue weighted by Gasteiger charge is 2.21. The van der Waals surface area contributed by atoms with Crippen LogP contribution in [0.2, 0.25) is 0 Å². The van der Waals surface area contributed by atoms with Gasteiger partial charge in [0, 0.05) is 11.8 Å². The molecule has 174 valence electrons. The van der Waals surface area contributed by atoms with Gasteiger partial charge in [0.2, 0.25) is 5.91 Å². The zero-order valence-corrected chi connectivity index (χ0v) is 19.9. The van der Waals surface area contributed by atoms with Gasteiger partial charge in [-0.25, -0.2) is 0 Å². The van der Waals surface area contributed by atoms with Crippen LogP contribution in [0.25, 0.3) is 6.08 Å². The Morgan fingerprint density at radius 3 is 2.56 bits per heavy atom. The molecule has 0 aromatic heterocycles. The summed E-state index contributed by atoms with van der Waals surface area (Å²) in [7, 11) is 3.24. The van der Waals surface area contributed by atoms with E-state index in [2.05, 4.69) is 10.3 Å². The molecule has 1 unspecified atom stereocenters. The lowest BCUT2D eigenvalue weighted by molar-refractivity contribution is -0.115. The minimum Gasteiger partial charge on any atom is -0.497 e. The van der Waals surface area contributed by atoms with Gasteiger partial charge in [-0.15, -0.1) is 0 Å². The highest BCUT2D eigenvalue weighted by Crippen LogP contribution is 2.31. The lowest BCUT2D eigenvalue weighted by atomic mass is 10.1. The van der Waals surface area contributed by atoms with E-state index in [-0.39, 0.29) is 11.9 Å². The number of amides is 1. The summed E-state index contributed by atoms with van der Waals surface area (Å²) in [5.74, 6) is 2.62. The first-order valence-corrected chi connectivity index (χ1v) is 11.8. The molecule has 1 aliphatic heterocycles. The third kappa shape index (κ3) is 6.20. The normalized spacial score (nSPS) is 15.1. The van der Waals surface area contributed by atoms with Crippen LogP contribution in [0, 0.1) is 0 Å². The maximum atomic E-state index is 12.4. The number of ether oxygens (including phenoxy) is 3. The first kappa shape index (κ1) is 23.4. The average molecular weight is 475 g/mol. The number of aliphatic imine (C=N–C) groups is 1. The molecular weight excluding hydrogens is 448 g/mol. The molecule has 0 bridgehead atoms. The predicted octanol–water partition coefficient (Wildman–Crippen LogP) is 5.26. The van der Waals surface area contributed by atoms with Crippen molar-refractivity contribution in [3.05, 3.63) is 95.6 Å². The van der Waals surface area contributed by atoms with Gasteiger partial charge in [-0.05, 0) is 47.0 Å². The molecule has 0 aliphatic carbocycles. The summed E-state index contributed by atoms with van der Waals surface area (Å²) in [5.41, 5.74) is 3.00. The number of carbonyl (C=O) groups excluding carboxylic acids is 1. The fraction of sp³-hybridized carbons (Fsp3) is 0.185. The molecule has 6 nitrogen and oxygen atoms in total. The number of amidine groups is 1. The molecular formula is C27H26N2O4S. The summed E-state index contributed by atoms with van der Waals surface area (Å²) >= 11 is 1.53. The quantitative estimate of drug-likeness (QED) is 0.451. The third-order valence-electron chi connectivity index (χ3n) is 5.23. The van der Waals surface area contributed by atoms with E-state index in [4.69, 9.17) is 14.2 Å². The molecule has 0 saturated heterocycles. The highest BCUT2D eigenvalue weighted by atomic mass is 32.2. The maximum Gasteiger partial charge on any atom is 0.249 e. The second-order valence-corrected chi connectivity index (χ2v) is 8.55. The molecule has 1 amide bonds. The number of benzene rings is 3. The second-order valence-electron chi connectivity index (χ2n) is 7.54. The van der Waals surface area contributed by atoms with Crippen LogP contribution >= 0.6 is 11.8 Å². The van der Waals surface area contributed by atoms with Crippen molar-refractivity contribution in [3.63, 3.8) is 0 Å². The number of thioether (sulfide) groups is 1. The molecule has 0 radical (unpaired) electrons. The Morgan fingerprint density at radius 2 is 1.82 bits per heavy atom. The summed E-state index contributed by atoms with van der Waals surface area (Å²) in [6.45, 7) is 0.450. The first-order valence-electron chi connectivity index (χ1n) is 10.8. The van der Waals surface area contributed by atoms with Gasteiger partial charge in [-0.1, -0.05) is 60.3 Å². The third-order valence-corrected chi connectivity index (χ3v) is 6.20. The molecule has 0 fully saturated rings. The zero-order chi connectivity index (χ0) is 23.8. The summed E-state index contributed by atoms with van der Waals surface area (Å²) in [6.07, 6.45) is 3.23. The smallest absolute Gasteiger partial charge is 0.249 e. The van der Waals surface area contributed by atoms with Gasteiger partial charge in [0.25, 0.3) is 0 Å². The van der Waals surface area contributed by atoms with Gasteiger partial charge in [-0.2, -0.15) is 0 Å². The van der Waals surface area contributed by atoms with Crippen molar-refractivity contribution in [2.75, 3.05) is 20.0 Å². The number of rotatable bonds is 8. The van der Waals surface area contributed by atoms with E-state index in [1.165, 1.54) is 17.8 Å². The van der Waals surface area contributed by atoms with E-state index in [9.17, 15) is 4.79 Å². The monoisotopic (exact) mass is 474 g/mol. The number of hydrogen-bond acceptors (Lipinski definition) is 6. The molecule has 0 saturated carbocycles. The molecule has 1 atom stereocenters. The summed E-state index contributed by atoms with van der Waals surface area (Å²) in [5, 5.41) is 3.48. The van der Waals surface area contributed by atoms with Gasteiger partial charge in [0.05, 0.1) is 20.3 Å². The van der Waals surface area contributed by atoms with Crippen LogP contribution in [0.4, 0.5) is 0 Å². The molecule has 0 spiro atoms. The van der Waals surface area contributed by atoms with E-state index in [0.29, 0.717) is 23.3 Å². The second kappa shape index (κ2) is 11.4. The van der Waals surface area contributed by atoms with Crippen LogP contribution < -0.4 is 19.5 Å². The lowest BCUT2D eigenvalue weighted by Crippen LogP contribution is -2.25. The maximum absolute atomic E-state index is 12.4. The molecule has 4 rings (SSSR count). The predicted molar refractivity (Wildman–Crippen MR) is 137 cm³/mol. The van der Waals surface area contributed by atoms with E-state index in [1.807, 2.05) is 72.8 Å². The molecule has 1 aliphatic rings. The Bertz CT molecular complexity index is 1180. The summed E-state index contributed by atoms with van der Waals surface area (Å²) in [6, 6.07) is 23.4. The Kier molecular flexibility index (Phi) is 7.88. The molecule has 1 N–H and O–H groups in total. The molecule has 7 heteroatoms. The van der Waals surface area contributed by atoms with Gasteiger partial charge in [0.1, 0.15) is 12.4 Å². The topological polar surface area (TPSA) is 69.2 Å². The number of nitrogens with zero attached hydrogens (tertiary/aromatic N) is 1. The SMILES string of the molecule is COc1ccc(C2CSC(NC(=O)/C=C/c3ccc(OCc4ccccc4)c(OC)c3)=N2)cc1. The highest BCUT2D eigenvalue weighted by molar-refractivity contribution is 8.14. The van der Waals surface area contributed by atoms with Crippen molar-refractivity contribution in [2.45, 2.75) is 12.6 Å². The Balaban J connectivity index is 1.34. The van der Waals surface area contributed by atoms with E-state index in [0.717, 1.165) is 28.2 Å². The fourth-order valence-corrected chi connectivity index (χ4v) is 4.36. The largest absolute Gasteiger partial charge is 0.497 e. The molecule has 34 heavy (non-hydrogen) atoms. The van der Waals surface area contributed by atoms with Crippen LogP contribution in [-0.2, 0) is 11.4 Å². The van der Waals surface area contributed by atoms with Crippen LogP contribution in [0.5, 0.6) is 17.2 Å². The first-order chi connectivity index (χ1) is 16.6. The van der Waals surface area contributed by atoms with Gasteiger partial charge >= 0.3 is 0 Å². The molecule has 3 aromatic carbocycles. The van der Waals surface area contributed by atoms with Crippen LogP contribution in [0.15, 0.2) is 83.9 Å². The Hall–Kier alpha value is -3.71. The van der Waals surface area contributed by atoms with Crippen molar-refractivity contribution >= 4 is 28.9 Å². The van der Waals surface area contributed by atoms with Crippen LogP contribution in [0.3, 0.4) is 0 Å². The number of nitrogens with one attached hydrogen (secondary N) is 1. The lowest BCUT2D eigenvalue weighted by Gasteiger charge is -2.11. The minimum atomic E-state index is -0.231. The van der Waals surface area contributed by atoms with E-state index < -0.39 is 0 Å². The fourth-order valence-electron chi connectivity index (χ4n) is 3.40. The van der Waals surface area contributed by atoms with Crippen molar-refractivity contribution < 1.29 is 19.0 Å². The summed E-state index contributed by atoms with van der Waals surface area (Å²) in [4.78, 5) is 17.0.